The van der Waals surface area contributed by atoms with Gasteiger partial charge < -0.3 is 15.4 Å². The number of hydrogen-bond donors (Lipinski definition) is 2. The molecule has 0 spiro atoms. The Balaban J connectivity index is 1.65. The number of urea groups is 1. The molecule has 0 aromatic carbocycles. The van der Waals surface area contributed by atoms with Gasteiger partial charge in [0.15, 0.2) is 9.84 Å². The average molecular weight is 276 g/mol. The lowest BCUT2D eigenvalue weighted by Gasteiger charge is -2.13. The standard InChI is InChI=1S/C11H20N2O4S/c14-11(12-7-9-3-1-5-17-9)13-8-10-4-2-6-18(10,15)16/h9-10H,1-8H2,(H2,12,13,14)/t9-,10+/m1/s1. The highest BCUT2D eigenvalue weighted by Gasteiger charge is 2.31. The molecule has 0 aromatic heterocycles. The minimum atomic E-state index is -2.98. The van der Waals surface area contributed by atoms with E-state index in [4.69, 9.17) is 4.74 Å². The highest BCUT2D eigenvalue weighted by atomic mass is 32.2. The summed E-state index contributed by atoms with van der Waals surface area (Å²) in [5.41, 5.74) is 0. The lowest BCUT2D eigenvalue weighted by atomic mass is 10.2. The van der Waals surface area contributed by atoms with Crippen LogP contribution >= 0.6 is 0 Å². The van der Waals surface area contributed by atoms with Crippen molar-refractivity contribution in [3.63, 3.8) is 0 Å². The van der Waals surface area contributed by atoms with Crippen molar-refractivity contribution >= 4 is 15.9 Å². The molecule has 2 aliphatic heterocycles. The van der Waals surface area contributed by atoms with Crippen molar-refractivity contribution in [3.8, 4) is 0 Å². The molecule has 0 saturated carbocycles. The summed E-state index contributed by atoms with van der Waals surface area (Å²) in [4.78, 5) is 11.5. The third kappa shape index (κ3) is 3.58. The van der Waals surface area contributed by atoms with Crippen LogP contribution in [0.2, 0.25) is 0 Å². The van der Waals surface area contributed by atoms with Gasteiger partial charge in [-0.05, 0) is 25.7 Å². The first-order valence-corrected chi connectivity index (χ1v) is 8.14. The Morgan fingerprint density at radius 3 is 2.56 bits per heavy atom. The van der Waals surface area contributed by atoms with Gasteiger partial charge >= 0.3 is 6.03 Å². The molecule has 104 valence electrons. The molecule has 0 radical (unpaired) electrons. The van der Waals surface area contributed by atoms with Crippen molar-refractivity contribution in [1.29, 1.82) is 0 Å². The zero-order valence-electron chi connectivity index (χ0n) is 10.4. The van der Waals surface area contributed by atoms with Crippen molar-refractivity contribution in [2.75, 3.05) is 25.4 Å². The van der Waals surface area contributed by atoms with Crippen LogP contribution in [0.3, 0.4) is 0 Å². The van der Waals surface area contributed by atoms with Gasteiger partial charge in [-0.25, -0.2) is 13.2 Å². The predicted molar refractivity (Wildman–Crippen MR) is 67.2 cm³/mol. The van der Waals surface area contributed by atoms with Crippen LogP contribution in [0.15, 0.2) is 0 Å². The Hall–Kier alpha value is -0.820. The highest BCUT2D eigenvalue weighted by molar-refractivity contribution is 7.92. The molecule has 0 bridgehead atoms. The van der Waals surface area contributed by atoms with Gasteiger partial charge in [0.05, 0.1) is 17.1 Å². The quantitative estimate of drug-likeness (QED) is 0.759. The van der Waals surface area contributed by atoms with E-state index in [9.17, 15) is 13.2 Å². The van der Waals surface area contributed by atoms with Crippen LogP contribution in [0.1, 0.15) is 25.7 Å². The van der Waals surface area contributed by atoms with Gasteiger partial charge in [-0.3, -0.25) is 0 Å². The van der Waals surface area contributed by atoms with Gasteiger partial charge in [0, 0.05) is 19.7 Å². The van der Waals surface area contributed by atoms with Crippen molar-refractivity contribution in [2.24, 2.45) is 0 Å². The Kier molecular flexibility index (Phi) is 4.45. The van der Waals surface area contributed by atoms with Gasteiger partial charge in [0.1, 0.15) is 0 Å². The first-order chi connectivity index (χ1) is 8.58. The second-order valence-electron chi connectivity index (χ2n) is 4.86. The Bertz CT molecular complexity index is 390. The second-order valence-corrected chi connectivity index (χ2v) is 7.26. The van der Waals surface area contributed by atoms with E-state index in [2.05, 4.69) is 10.6 Å². The fraction of sp³-hybridized carbons (Fsp3) is 0.909. The second kappa shape index (κ2) is 5.88. The van der Waals surface area contributed by atoms with Gasteiger partial charge in [-0.1, -0.05) is 0 Å². The topological polar surface area (TPSA) is 84.5 Å². The van der Waals surface area contributed by atoms with Crippen LogP contribution in [-0.2, 0) is 14.6 Å². The van der Waals surface area contributed by atoms with Crippen LogP contribution in [-0.4, -0.2) is 51.3 Å². The van der Waals surface area contributed by atoms with E-state index in [1.165, 1.54) is 0 Å². The molecule has 2 saturated heterocycles. The number of carbonyl (C=O) groups excluding carboxylic acids is 1. The van der Waals surface area contributed by atoms with Crippen LogP contribution in [0.25, 0.3) is 0 Å². The van der Waals surface area contributed by atoms with Crippen LogP contribution in [0.4, 0.5) is 4.79 Å². The maximum absolute atomic E-state index is 11.5. The fourth-order valence-electron chi connectivity index (χ4n) is 2.37. The molecule has 18 heavy (non-hydrogen) atoms. The number of rotatable bonds is 4. The molecule has 0 aromatic rings. The van der Waals surface area contributed by atoms with Gasteiger partial charge in [-0.2, -0.15) is 0 Å². The molecular weight excluding hydrogens is 256 g/mol. The van der Waals surface area contributed by atoms with Crippen molar-refractivity contribution in [3.05, 3.63) is 0 Å². The Labute approximate surface area is 107 Å². The number of nitrogens with one attached hydrogen (secondary N) is 2. The monoisotopic (exact) mass is 276 g/mol. The van der Waals surface area contributed by atoms with Crippen LogP contribution in [0, 0.1) is 0 Å². The highest BCUT2D eigenvalue weighted by Crippen LogP contribution is 2.18. The molecular formula is C11H20N2O4S. The average Bonchev–Trinajstić information content (AvgIpc) is 2.93. The van der Waals surface area contributed by atoms with E-state index >= 15 is 0 Å². The first kappa shape index (κ1) is 13.6. The summed E-state index contributed by atoms with van der Waals surface area (Å²) in [6.07, 6.45) is 3.46. The van der Waals surface area contributed by atoms with Gasteiger partial charge in [0.2, 0.25) is 0 Å². The third-order valence-corrected chi connectivity index (χ3v) is 5.74. The summed E-state index contributed by atoms with van der Waals surface area (Å²) >= 11 is 0. The van der Waals surface area contributed by atoms with E-state index in [0.29, 0.717) is 19.4 Å². The molecule has 2 atom stereocenters. The van der Waals surface area contributed by atoms with Crippen molar-refractivity contribution in [1.82, 2.24) is 10.6 Å². The molecule has 0 aliphatic carbocycles. The molecule has 2 N–H and O–H groups in total. The molecule has 6 nitrogen and oxygen atoms in total. The molecule has 2 aliphatic rings. The van der Waals surface area contributed by atoms with Gasteiger partial charge in [0.25, 0.3) is 0 Å². The first-order valence-electron chi connectivity index (χ1n) is 6.43. The Morgan fingerprint density at radius 1 is 1.17 bits per heavy atom. The third-order valence-electron chi connectivity index (χ3n) is 3.47. The SMILES string of the molecule is O=C(NC[C@H]1CCCO1)NC[C@@H]1CCCS1(=O)=O. The molecule has 7 heteroatoms. The normalized spacial score (nSPS) is 30.2. The van der Waals surface area contributed by atoms with E-state index in [-0.39, 0.29) is 24.4 Å². The summed E-state index contributed by atoms with van der Waals surface area (Å²) < 4.78 is 28.5. The molecule has 2 rings (SSSR count). The Morgan fingerprint density at radius 2 is 1.94 bits per heavy atom. The van der Waals surface area contributed by atoms with E-state index in [1.807, 2.05) is 0 Å². The molecule has 2 fully saturated rings. The van der Waals surface area contributed by atoms with E-state index < -0.39 is 15.1 Å². The largest absolute Gasteiger partial charge is 0.376 e. The maximum atomic E-state index is 11.5. The predicted octanol–water partition coefficient (Wildman–Crippen LogP) is 0.0418. The van der Waals surface area contributed by atoms with Crippen molar-refractivity contribution in [2.45, 2.75) is 37.0 Å². The number of amides is 2. The number of carbonyl (C=O) groups is 1. The number of ether oxygens (including phenoxy) is 1. The summed E-state index contributed by atoms with van der Waals surface area (Å²) in [5.74, 6) is 0.247. The minimum absolute atomic E-state index is 0.103. The maximum Gasteiger partial charge on any atom is 0.314 e. The zero-order chi connectivity index (χ0) is 13.0. The zero-order valence-corrected chi connectivity index (χ0v) is 11.2. The molecule has 2 amide bonds. The van der Waals surface area contributed by atoms with Crippen LogP contribution in [0.5, 0.6) is 0 Å². The fourth-order valence-corrected chi connectivity index (χ4v) is 4.13. The van der Waals surface area contributed by atoms with E-state index in [0.717, 1.165) is 19.4 Å². The summed E-state index contributed by atoms with van der Waals surface area (Å²) in [5, 5.41) is 4.91. The minimum Gasteiger partial charge on any atom is -0.376 e. The lowest BCUT2D eigenvalue weighted by Crippen LogP contribution is -2.43. The summed E-state index contributed by atoms with van der Waals surface area (Å²) in [6, 6.07) is -0.312. The van der Waals surface area contributed by atoms with Crippen molar-refractivity contribution < 1.29 is 17.9 Å². The molecule has 0 unspecified atom stereocenters. The summed E-state index contributed by atoms with van der Waals surface area (Å²) in [7, 11) is -2.98. The van der Waals surface area contributed by atoms with E-state index in [1.54, 1.807) is 0 Å². The van der Waals surface area contributed by atoms with Crippen LogP contribution < -0.4 is 10.6 Å². The lowest BCUT2D eigenvalue weighted by molar-refractivity contribution is 0.111. The smallest absolute Gasteiger partial charge is 0.314 e. The van der Waals surface area contributed by atoms with Gasteiger partial charge in [-0.15, -0.1) is 0 Å². The number of sulfone groups is 1. The number of hydrogen-bond acceptors (Lipinski definition) is 4. The molecule has 2 heterocycles. The summed E-state index contributed by atoms with van der Waals surface area (Å²) in [6.45, 7) is 1.46.